The van der Waals surface area contributed by atoms with E-state index in [0.717, 1.165) is 22.4 Å². The highest BCUT2D eigenvalue weighted by Crippen LogP contribution is 2.37. The number of benzene rings is 2. The van der Waals surface area contributed by atoms with Gasteiger partial charge in [0.05, 0.1) is 5.92 Å². The normalized spacial score (nSPS) is 17.1. The molecule has 0 saturated heterocycles. The molecule has 0 aromatic heterocycles. The molecule has 0 bridgehead atoms. The Kier molecular flexibility index (Phi) is 3.67. The van der Waals surface area contributed by atoms with Gasteiger partial charge < -0.3 is 10.2 Å². The molecular formula is C18H18N2O2. The highest BCUT2D eigenvalue weighted by Gasteiger charge is 2.33. The summed E-state index contributed by atoms with van der Waals surface area (Å²) < 4.78 is 0. The predicted octanol–water partition coefficient (Wildman–Crippen LogP) is 2.75. The Labute approximate surface area is 129 Å². The van der Waals surface area contributed by atoms with E-state index in [0.29, 0.717) is 6.54 Å². The molecule has 0 radical (unpaired) electrons. The summed E-state index contributed by atoms with van der Waals surface area (Å²) in [5.74, 6) is -0.341. The van der Waals surface area contributed by atoms with Gasteiger partial charge in [-0.15, -0.1) is 0 Å². The molecular weight excluding hydrogens is 276 g/mol. The predicted molar refractivity (Wildman–Crippen MR) is 85.5 cm³/mol. The van der Waals surface area contributed by atoms with Gasteiger partial charge in [0.1, 0.15) is 0 Å². The number of rotatable bonds is 2. The summed E-state index contributed by atoms with van der Waals surface area (Å²) in [6.45, 7) is 2.00. The Bertz CT molecular complexity index is 725. The maximum Gasteiger partial charge on any atom is 0.234 e. The fourth-order valence-corrected chi connectivity index (χ4v) is 2.99. The number of anilines is 1. The topological polar surface area (TPSA) is 49.4 Å². The van der Waals surface area contributed by atoms with Crippen LogP contribution in [0, 0.1) is 0 Å². The Morgan fingerprint density at radius 2 is 1.86 bits per heavy atom. The van der Waals surface area contributed by atoms with Crippen LogP contribution in [0.15, 0.2) is 48.5 Å². The molecule has 1 N–H and O–H groups in total. The lowest BCUT2D eigenvalue weighted by Crippen LogP contribution is -2.37. The van der Waals surface area contributed by atoms with Crippen LogP contribution in [-0.2, 0) is 16.1 Å². The first kappa shape index (κ1) is 14.3. The zero-order valence-electron chi connectivity index (χ0n) is 12.7. The summed E-state index contributed by atoms with van der Waals surface area (Å²) >= 11 is 0. The second-order valence-corrected chi connectivity index (χ2v) is 5.59. The molecule has 2 aromatic carbocycles. The highest BCUT2D eigenvalue weighted by molar-refractivity contribution is 5.93. The minimum Gasteiger partial charge on any atom is -0.341 e. The molecule has 0 saturated carbocycles. The SMILES string of the molecule is CC(=O)Nc1cccc2c1CN(C)C(=O)[C@H]2c1ccccc1. The van der Waals surface area contributed by atoms with E-state index in [1.54, 1.807) is 11.9 Å². The molecule has 4 nitrogen and oxygen atoms in total. The van der Waals surface area contributed by atoms with Crippen molar-refractivity contribution in [1.82, 2.24) is 4.90 Å². The molecule has 0 aliphatic carbocycles. The summed E-state index contributed by atoms with van der Waals surface area (Å²) in [5.41, 5.74) is 3.74. The summed E-state index contributed by atoms with van der Waals surface area (Å²) in [4.78, 5) is 25.8. The van der Waals surface area contributed by atoms with E-state index in [1.807, 2.05) is 48.5 Å². The van der Waals surface area contributed by atoms with Crippen LogP contribution in [-0.4, -0.2) is 23.8 Å². The second kappa shape index (κ2) is 5.64. The van der Waals surface area contributed by atoms with Crippen molar-refractivity contribution in [2.75, 3.05) is 12.4 Å². The number of fused-ring (bicyclic) bond motifs is 1. The van der Waals surface area contributed by atoms with Gasteiger partial charge in [0.2, 0.25) is 11.8 Å². The number of nitrogens with zero attached hydrogens (tertiary/aromatic N) is 1. The average Bonchev–Trinajstić information content (AvgIpc) is 2.50. The summed E-state index contributed by atoms with van der Waals surface area (Å²) in [6.07, 6.45) is 0. The van der Waals surface area contributed by atoms with Gasteiger partial charge in [-0.3, -0.25) is 9.59 Å². The average molecular weight is 294 g/mol. The van der Waals surface area contributed by atoms with Crippen molar-refractivity contribution < 1.29 is 9.59 Å². The van der Waals surface area contributed by atoms with Crippen LogP contribution in [0.4, 0.5) is 5.69 Å². The van der Waals surface area contributed by atoms with E-state index in [4.69, 9.17) is 0 Å². The molecule has 3 rings (SSSR count). The Balaban J connectivity index is 2.14. The molecule has 0 fully saturated rings. The van der Waals surface area contributed by atoms with Gasteiger partial charge in [0.15, 0.2) is 0 Å². The van der Waals surface area contributed by atoms with E-state index in [2.05, 4.69) is 5.32 Å². The van der Waals surface area contributed by atoms with Crippen molar-refractivity contribution >= 4 is 17.5 Å². The minimum atomic E-state index is -0.316. The van der Waals surface area contributed by atoms with E-state index in [-0.39, 0.29) is 17.7 Å². The van der Waals surface area contributed by atoms with Gasteiger partial charge in [-0.2, -0.15) is 0 Å². The van der Waals surface area contributed by atoms with E-state index in [1.165, 1.54) is 6.92 Å². The van der Waals surface area contributed by atoms with Crippen LogP contribution < -0.4 is 5.32 Å². The zero-order valence-corrected chi connectivity index (χ0v) is 12.7. The zero-order chi connectivity index (χ0) is 15.7. The molecule has 1 aliphatic heterocycles. The molecule has 2 aromatic rings. The number of hydrogen-bond acceptors (Lipinski definition) is 2. The Morgan fingerprint density at radius 3 is 2.55 bits per heavy atom. The first-order valence-corrected chi connectivity index (χ1v) is 7.27. The molecule has 1 aliphatic rings. The van der Waals surface area contributed by atoms with Crippen molar-refractivity contribution in [3.8, 4) is 0 Å². The van der Waals surface area contributed by atoms with Gasteiger partial charge in [0, 0.05) is 26.2 Å². The molecule has 2 amide bonds. The summed E-state index contributed by atoms with van der Waals surface area (Å²) in [5, 5.41) is 2.86. The van der Waals surface area contributed by atoms with Crippen molar-refractivity contribution in [1.29, 1.82) is 0 Å². The number of carbonyl (C=O) groups is 2. The maximum absolute atomic E-state index is 12.7. The fourth-order valence-electron chi connectivity index (χ4n) is 2.99. The van der Waals surface area contributed by atoms with Crippen LogP contribution in [0.1, 0.15) is 29.5 Å². The van der Waals surface area contributed by atoms with Crippen LogP contribution in [0.3, 0.4) is 0 Å². The van der Waals surface area contributed by atoms with Gasteiger partial charge in [0.25, 0.3) is 0 Å². The van der Waals surface area contributed by atoms with Crippen molar-refractivity contribution in [2.45, 2.75) is 19.4 Å². The lowest BCUT2D eigenvalue weighted by atomic mass is 9.83. The van der Waals surface area contributed by atoms with Gasteiger partial charge >= 0.3 is 0 Å². The Hall–Kier alpha value is -2.62. The molecule has 0 spiro atoms. The number of amides is 2. The molecule has 1 atom stereocenters. The Morgan fingerprint density at radius 1 is 1.14 bits per heavy atom. The minimum absolute atomic E-state index is 0.0821. The van der Waals surface area contributed by atoms with Crippen LogP contribution in [0.2, 0.25) is 0 Å². The van der Waals surface area contributed by atoms with Crippen molar-refractivity contribution in [2.24, 2.45) is 0 Å². The largest absolute Gasteiger partial charge is 0.341 e. The highest BCUT2D eigenvalue weighted by atomic mass is 16.2. The molecule has 112 valence electrons. The van der Waals surface area contributed by atoms with E-state index >= 15 is 0 Å². The molecule has 1 heterocycles. The lowest BCUT2D eigenvalue weighted by Gasteiger charge is -2.33. The number of nitrogens with one attached hydrogen (secondary N) is 1. The maximum atomic E-state index is 12.7. The smallest absolute Gasteiger partial charge is 0.234 e. The number of carbonyl (C=O) groups excluding carboxylic acids is 2. The molecule has 22 heavy (non-hydrogen) atoms. The van der Waals surface area contributed by atoms with E-state index < -0.39 is 0 Å². The third kappa shape index (κ3) is 2.48. The monoisotopic (exact) mass is 294 g/mol. The lowest BCUT2D eigenvalue weighted by molar-refractivity contribution is -0.131. The third-order valence-corrected chi connectivity index (χ3v) is 3.99. The third-order valence-electron chi connectivity index (χ3n) is 3.99. The van der Waals surface area contributed by atoms with Gasteiger partial charge in [-0.1, -0.05) is 42.5 Å². The van der Waals surface area contributed by atoms with Crippen molar-refractivity contribution in [3.05, 3.63) is 65.2 Å². The van der Waals surface area contributed by atoms with Crippen molar-refractivity contribution in [3.63, 3.8) is 0 Å². The van der Waals surface area contributed by atoms with Crippen LogP contribution in [0.5, 0.6) is 0 Å². The first-order chi connectivity index (χ1) is 10.6. The summed E-state index contributed by atoms with van der Waals surface area (Å²) in [7, 11) is 1.80. The number of likely N-dealkylation sites (N-methyl/N-ethyl adjacent to an activating group) is 1. The van der Waals surface area contributed by atoms with Crippen LogP contribution in [0.25, 0.3) is 0 Å². The van der Waals surface area contributed by atoms with Gasteiger partial charge in [-0.25, -0.2) is 0 Å². The second-order valence-electron chi connectivity index (χ2n) is 5.59. The first-order valence-electron chi connectivity index (χ1n) is 7.27. The summed E-state index contributed by atoms with van der Waals surface area (Å²) in [6, 6.07) is 15.5. The quantitative estimate of drug-likeness (QED) is 0.926. The van der Waals surface area contributed by atoms with E-state index in [9.17, 15) is 9.59 Å². The fraction of sp³-hybridized carbons (Fsp3) is 0.222. The standard InChI is InChI=1S/C18H18N2O2/c1-12(21)19-16-10-6-9-14-15(16)11-20(2)18(22)17(14)13-7-4-3-5-8-13/h3-10,17H,11H2,1-2H3,(H,19,21)/t17-/m0/s1. The number of hydrogen-bond donors (Lipinski definition) is 1. The van der Waals surface area contributed by atoms with Crippen LogP contribution >= 0.6 is 0 Å². The molecule has 4 heteroatoms. The molecule has 0 unspecified atom stereocenters. The van der Waals surface area contributed by atoms with Gasteiger partial charge in [-0.05, 0) is 22.8 Å².